The fourth-order valence-electron chi connectivity index (χ4n) is 2.18. The minimum Gasteiger partial charge on any atom is -0.544 e. The number of carbonyl (C=O) groups is 2. The van der Waals surface area contributed by atoms with Crippen LogP contribution in [-0.2, 0) is 23.8 Å². The van der Waals surface area contributed by atoms with Gasteiger partial charge in [0.2, 0.25) is 0 Å². The molecule has 0 aliphatic rings. The number of hydrogen-bond acceptors (Lipinski definition) is 8. The summed E-state index contributed by atoms with van der Waals surface area (Å²) in [6.07, 6.45) is 1.57. The number of ether oxygens (including phenoxy) is 2. The third kappa shape index (κ3) is 6.97. The van der Waals surface area contributed by atoms with E-state index in [4.69, 9.17) is 8.92 Å². The minimum atomic E-state index is -4.31. The average molecular weight is 581 g/mol. The Balaban J connectivity index is 1.89. The summed E-state index contributed by atoms with van der Waals surface area (Å²) in [4.78, 5) is 22.0. The van der Waals surface area contributed by atoms with E-state index in [-0.39, 0.29) is 29.4 Å². The molecule has 0 spiro atoms. The Morgan fingerprint density at radius 1 is 1.12 bits per heavy atom. The van der Waals surface area contributed by atoms with E-state index in [2.05, 4.69) is 11.3 Å². The van der Waals surface area contributed by atoms with Crippen molar-refractivity contribution >= 4 is 50.7 Å². The Labute approximate surface area is 196 Å². The van der Waals surface area contributed by atoms with Crippen molar-refractivity contribution in [3.05, 3.63) is 63.7 Å². The summed E-state index contributed by atoms with van der Waals surface area (Å²) >= 11 is 1.81. The highest BCUT2D eigenvalue weighted by molar-refractivity contribution is 14.1. The van der Waals surface area contributed by atoms with E-state index in [0.29, 0.717) is 3.57 Å². The predicted octanol–water partition coefficient (Wildman–Crippen LogP) is 2.26. The molecule has 2 rings (SSSR count). The van der Waals surface area contributed by atoms with Crippen molar-refractivity contribution < 1.29 is 45.6 Å². The third-order valence-corrected chi connectivity index (χ3v) is 6.00. The molecule has 0 saturated carbocycles. The number of halogens is 3. The van der Waals surface area contributed by atoms with Crippen molar-refractivity contribution in [2.45, 2.75) is 10.8 Å². The number of alkyl halides is 2. The number of carbonyl (C=O) groups excluding carboxylic acids is 2. The molecule has 8 nitrogen and oxygen atoms in total. The zero-order chi connectivity index (χ0) is 23.9. The molecule has 0 aliphatic heterocycles. The van der Waals surface area contributed by atoms with E-state index in [1.807, 2.05) is 0 Å². The first-order chi connectivity index (χ1) is 15.0. The molecular weight excluding hydrogens is 565 g/mol. The standard InChI is InChI=1S/C20H17F2IO8S/c1-2-13-3-6-15(7-4-13)32(27,28)31-10-9-29-17-8-5-14(11-16(17)23)18(24)30-12-20(21,22)19(25)26/h2-8,11H,1,9-10,12H2,(H,25,26)/p-1. The van der Waals surface area contributed by atoms with Gasteiger partial charge in [-0.1, -0.05) is 24.8 Å². The zero-order valence-electron chi connectivity index (χ0n) is 16.3. The molecule has 0 bridgehead atoms. The SMILES string of the molecule is C=Cc1ccc(S(=O)(=O)OCCOc2ccc(C(=O)OCC(F)(F)C(=O)[O-])cc2I)cc1. The van der Waals surface area contributed by atoms with Crippen molar-refractivity contribution in [1.29, 1.82) is 0 Å². The van der Waals surface area contributed by atoms with Gasteiger partial charge in [-0.15, -0.1) is 0 Å². The van der Waals surface area contributed by atoms with Crippen LogP contribution in [0.4, 0.5) is 8.78 Å². The van der Waals surface area contributed by atoms with Gasteiger partial charge in [-0.2, -0.15) is 17.2 Å². The van der Waals surface area contributed by atoms with Crippen LogP contribution in [0.2, 0.25) is 0 Å². The Morgan fingerprint density at radius 2 is 1.78 bits per heavy atom. The van der Waals surface area contributed by atoms with Crippen LogP contribution in [0.15, 0.2) is 53.9 Å². The Kier molecular flexibility index (Phi) is 8.69. The Hall–Kier alpha value is -2.58. The summed E-state index contributed by atoms with van der Waals surface area (Å²) in [6, 6.07) is 9.76. The van der Waals surface area contributed by atoms with Gasteiger partial charge in [0.05, 0.1) is 14.0 Å². The largest absolute Gasteiger partial charge is 0.544 e. The van der Waals surface area contributed by atoms with Crippen molar-refractivity contribution in [2.75, 3.05) is 19.8 Å². The molecule has 0 unspecified atom stereocenters. The maximum atomic E-state index is 12.9. The molecule has 12 heteroatoms. The lowest BCUT2D eigenvalue weighted by Gasteiger charge is -2.17. The van der Waals surface area contributed by atoms with Gasteiger partial charge in [0.15, 0.2) is 6.61 Å². The number of esters is 1. The first-order valence-electron chi connectivity index (χ1n) is 8.77. The molecular formula is C20H16F2IO8S-. The highest BCUT2D eigenvalue weighted by atomic mass is 127. The molecule has 0 amide bonds. The van der Waals surface area contributed by atoms with Crippen molar-refractivity contribution in [3.63, 3.8) is 0 Å². The van der Waals surface area contributed by atoms with Crippen molar-refractivity contribution in [1.82, 2.24) is 0 Å². The Bertz CT molecular complexity index is 1100. The summed E-state index contributed by atoms with van der Waals surface area (Å²) in [7, 11) is -3.98. The first-order valence-corrected chi connectivity index (χ1v) is 11.3. The van der Waals surface area contributed by atoms with Gasteiger partial charge in [-0.25, -0.2) is 4.79 Å². The van der Waals surface area contributed by atoms with Crippen LogP contribution in [0.25, 0.3) is 6.08 Å². The molecule has 0 atom stereocenters. The van der Waals surface area contributed by atoms with Gasteiger partial charge < -0.3 is 19.4 Å². The van der Waals surface area contributed by atoms with Gasteiger partial charge >= 0.3 is 11.9 Å². The summed E-state index contributed by atoms with van der Waals surface area (Å²) in [5.74, 6) is -7.84. The molecule has 0 fully saturated rings. The van der Waals surface area contributed by atoms with E-state index in [1.54, 1.807) is 40.8 Å². The third-order valence-electron chi connectivity index (χ3n) is 3.83. The summed E-state index contributed by atoms with van der Waals surface area (Å²) in [5.41, 5.74) is 0.638. The lowest BCUT2D eigenvalue weighted by molar-refractivity contribution is -0.331. The number of carboxylic acid groups (broad SMARTS) is 1. The number of carboxylic acids is 1. The normalized spacial score (nSPS) is 11.6. The smallest absolute Gasteiger partial charge is 0.338 e. The van der Waals surface area contributed by atoms with E-state index in [9.17, 15) is 31.9 Å². The highest BCUT2D eigenvalue weighted by Crippen LogP contribution is 2.23. The molecule has 0 heterocycles. The van der Waals surface area contributed by atoms with Crippen LogP contribution in [0.3, 0.4) is 0 Å². The number of hydrogen-bond donors (Lipinski definition) is 0. The van der Waals surface area contributed by atoms with Gasteiger partial charge in [0.25, 0.3) is 10.1 Å². The molecule has 32 heavy (non-hydrogen) atoms. The molecule has 0 N–H and O–H groups in total. The fraction of sp³-hybridized carbons (Fsp3) is 0.200. The summed E-state index contributed by atoms with van der Waals surface area (Å²) in [5, 5.41) is 10.2. The van der Waals surface area contributed by atoms with Gasteiger partial charge in [-0.3, -0.25) is 4.18 Å². The second kappa shape index (κ2) is 10.8. The lowest BCUT2D eigenvalue weighted by atomic mass is 10.2. The van der Waals surface area contributed by atoms with Crippen LogP contribution in [0.1, 0.15) is 15.9 Å². The van der Waals surface area contributed by atoms with Crippen LogP contribution in [0, 0.1) is 3.57 Å². The van der Waals surface area contributed by atoms with E-state index >= 15 is 0 Å². The topological polar surface area (TPSA) is 119 Å². The minimum absolute atomic E-state index is 0.0233. The maximum Gasteiger partial charge on any atom is 0.338 e. The summed E-state index contributed by atoms with van der Waals surface area (Å²) in [6.45, 7) is 1.50. The van der Waals surface area contributed by atoms with Gasteiger partial charge in [0.1, 0.15) is 24.9 Å². The molecule has 2 aromatic carbocycles. The monoisotopic (exact) mass is 581 g/mol. The van der Waals surface area contributed by atoms with Crippen LogP contribution in [-0.4, -0.2) is 46.1 Å². The zero-order valence-corrected chi connectivity index (χ0v) is 19.2. The van der Waals surface area contributed by atoms with Crippen LogP contribution in [0.5, 0.6) is 5.75 Å². The molecule has 172 valence electrons. The lowest BCUT2D eigenvalue weighted by Crippen LogP contribution is -2.45. The highest BCUT2D eigenvalue weighted by Gasteiger charge is 2.33. The molecule has 0 aliphatic carbocycles. The van der Waals surface area contributed by atoms with Crippen LogP contribution < -0.4 is 9.84 Å². The first kappa shape index (κ1) is 25.7. The van der Waals surface area contributed by atoms with Gasteiger partial charge in [-0.05, 0) is 58.5 Å². The van der Waals surface area contributed by atoms with E-state index < -0.39 is 34.6 Å². The quantitative estimate of drug-likeness (QED) is 0.172. The average Bonchev–Trinajstić information content (AvgIpc) is 2.75. The molecule has 0 saturated heterocycles. The van der Waals surface area contributed by atoms with Crippen molar-refractivity contribution in [2.24, 2.45) is 0 Å². The predicted molar refractivity (Wildman–Crippen MR) is 115 cm³/mol. The van der Waals surface area contributed by atoms with Crippen molar-refractivity contribution in [3.8, 4) is 5.75 Å². The maximum absolute atomic E-state index is 12.9. The van der Waals surface area contributed by atoms with E-state index in [0.717, 1.165) is 5.56 Å². The molecule has 0 radical (unpaired) electrons. The second-order valence-corrected chi connectivity index (χ2v) is 8.89. The van der Waals surface area contributed by atoms with Crippen LogP contribution >= 0.6 is 22.6 Å². The number of aliphatic carboxylic acids is 1. The summed E-state index contributed by atoms with van der Waals surface area (Å²) < 4.78 is 65.2. The van der Waals surface area contributed by atoms with Gasteiger partial charge in [0, 0.05) is 0 Å². The molecule has 0 aromatic heterocycles. The molecule has 2 aromatic rings. The Morgan fingerprint density at radius 3 is 2.34 bits per heavy atom. The van der Waals surface area contributed by atoms with E-state index in [1.165, 1.54) is 30.3 Å². The fourth-order valence-corrected chi connectivity index (χ4v) is 3.74. The number of benzene rings is 2. The number of rotatable bonds is 11. The second-order valence-electron chi connectivity index (χ2n) is 6.11.